The molecule has 0 radical (unpaired) electrons. The van der Waals surface area contributed by atoms with Crippen LogP contribution in [0.1, 0.15) is 18.1 Å². The van der Waals surface area contributed by atoms with Crippen LogP contribution in [0, 0.1) is 11.3 Å². The number of piperazine rings is 1. The molecule has 1 aromatic rings. The third kappa shape index (κ3) is 3.84. The molecule has 0 amide bonds. The Morgan fingerprint density at radius 1 is 1.53 bits per heavy atom. The molecule has 1 aliphatic rings. The molecule has 1 aromatic carbocycles. The summed E-state index contributed by atoms with van der Waals surface area (Å²) in [4.78, 5) is 2.44. The summed E-state index contributed by atoms with van der Waals surface area (Å²) in [5.41, 5.74) is 1.79. The second-order valence-corrected chi connectivity index (χ2v) is 4.67. The standard InChI is InChI=1S/C14H19N3O.ClH/c1-11-9-16-5-6-17(11)10-12-3-4-13(8-15)14(7-12)18-2;/h3-4,7,11,16H,5-6,9-10H2,1-2H3;1H/t11-;/m0./s1. The van der Waals surface area contributed by atoms with Gasteiger partial charge in [0, 0.05) is 32.2 Å². The zero-order valence-corrected chi connectivity index (χ0v) is 12.2. The fraction of sp³-hybridized carbons (Fsp3) is 0.500. The van der Waals surface area contributed by atoms with E-state index in [0.717, 1.165) is 26.2 Å². The van der Waals surface area contributed by atoms with Crippen LogP contribution in [-0.4, -0.2) is 37.7 Å². The molecule has 1 atom stereocenters. The summed E-state index contributed by atoms with van der Waals surface area (Å²) in [6.07, 6.45) is 0. The Hall–Kier alpha value is -1.28. The molecule has 104 valence electrons. The smallest absolute Gasteiger partial charge is 0.136 e. The molecule has 4 nitrogen and oxygen atoms in total. The molecule has 1 heterocycles. The maximum atomic E-state index is 8.96. The molecule has 0 spiro atoms. The van der Waals surface area contributed by atoms with Crippen LogP contribution in [0.3, 0.4) is 0 Å². The van der Waals surface area contributed by atoms with E-state index in [-0.39, 0.29) is 12.4 Å². The second kappa shape index (κ2) is 7.34. The molecule has 1 N–H and O–H groups in total. The van der Waals surface area contributed by atoms with Crippen LogP contribution >= 0.6 is 12.4 Å². The van der Waals surface area contributed by atoms with E-state index < -0.39 is 0 Å². The van der Waals surface area contributed by atoms with Gasteiger partial charge in [0.15, 0.2) is 0 Å². The van der Waals surface area contributed by atoms with E-state index >= 15 is 0 Å². The molecule has 1 aliphatic heterocycles. The van der Waals surface area contributed by atoms with Gasteiger partial charge < -0.3 is 10.1 Å². The number of halogens is 1. The first kappa shape index (κ1) is 15.8. The van der Waals surface area contributed by atoms with Gasteiger partial charge in [-0.2, -0.15) is 5.26 Å². The van der Waals surface area contributed by atoms with Gasteiger partial charge in [0.25, 0.3) is 0 Å². The lowest BCUT2D eigenvalue weighted by Crippen LogP contribution is -2.49. The van der Waals surface area contributed by atoms with Crippen molar-refractivity contribution in [2.75, 3.05) is 26.7 Å². The Kier molecular flexibility index (Phi) is 6.10. The number of benzene rings is 1. The normalized spacial score (nSPS) is 19.3. The van der Waals surface area contributed by atoms with E-state index in [1.807, 2.05) is 18.2 Å². The molecule has 0 saturated carbocycles. The van der Waals surface area contributed by atoms with Gasteiger partial charge in [-0.3, -0.25) is 4.90 Å². The minimum Gasteiger partial charge on any atom is -0.495 e. The first-order chi connectivity index (χ1) is 8.74. The van der Waals surface area contributed by atoms with Crippen molar-refractivity contribution in [1.29, 1.82) is 5.26 Å². The van der Waals surface area contributed by atoms with Crippen molar-refractivity contribution in [3.8, 4) is 11.8 Å². The van der Waals surface area contributed by atoms with E-state index in [2.05, 4.69) is 23.2 Å². The molecule has 1 saturated heterocycles. The average Bonchev–Trinajstić information content (AvgIpc) is 2.41. The Labute approximate surface area is 120 Å². The molecule has 0 aliphatic carbocycles. The zero-order chi connectivity index (χ0) is 13.0. The van der Waals surface area contributed by atoms with Crippen LogP contribution in [0.5, 0.6) is 5.75 Å². The Morgan fingerprint density at radius 2 is 2.32 bits per heavy atom. The van der Waals surface area contributed by atoms with Crippen LogP contribution < -0.4 is 10.1 Å². The number of ether oxygens (including phenoxy) is 1. The van der Waals surface area contributed by atoms with Crippen LogP contribution in [0.2, 0.25) is 0 Å². The van der Waals surface area contributed by atoms with Gasteiger partial charge >= 0.3 is 0 Å². The number of hydrogen-bond donors (Lipinski definition) is 1. The van der Waals surface area contributed by atoms with Crippen molar-refractivity contribution >= 4 is 12.4 Å². The highest BCUT2D eigenvalue weighted by molar-refractivity contribution is 5.85. The highest BCUT2D eigenvalue weighted by Crippen LogP contribution is 2.21. The second-order valence-electron chi connectivity index (χ2n) is 4.67. The van der Waals surface area contributed by atoms with Crippen LogP contribution in [-0.2, 0) is 6.54 Å². The van der Waals surface area contributed by atoms with Gasteiger partial charge in [0.1, 0.15) is 11.8 Å². The highest BCUT2D eigenvalue weighted by atomic mass is 35.5. The number of nitriles is 1. The van der Waals surface area contributed by atoms with Crippen molar-refractivity contribution < 1.29 is 4.74 Å². The third-order valence-electron chi connectivity index (χ3n) is 3.41. The van der Waals surface area contributed by atoms with Gasteiger partial charge in [0.05, 0.1) is 12.7 Å². The Morgan fingerprint density at radius 3 is 2.95 bits per heavy atom. The van der Waals surface area contributed by atoms with E-state index in [1.165, 1.54) is 5.56 Å². The maximum Gasteiger partial charge on any atom is 0.136 e. The Bertz CT molecular complexity index is 458. The van der Waals surface area contributed by atoms with Gasteiger partial charge in [-0.15, -0.1) is 12.4 Å². The summed E-state index contributed by atoms with van der Waals surface area (Å²) in [6, 6.07) is 8.49. The molecule has 19 heavy (non-hydrogen) atoms. The van der Waals surface area contributed by atoms with E-state index in [1.54, 1.807) is 7.11 Å². The zero-order valence-electron chi connectivity index (χ0n) is 11.3. The van der Waals surface area contributed by atoms with Crippen molar-refractivity contribution in [3.05, 3.63) is 29.3 Å². The number of methoxy groups -OCH3 is 1. The van der Waals surface area contributed by atoms with Gasteiger partial charge in [-0.25, -0.2) is 0 Å². The molecule has 0 aromatic heterocycles. The van der Waals surface area contributed by atoms with Crippen molar-refractivity contribution in [2.24, 2.45) is 0 Å². The maximum absolute atomic E-state index is 8.96. The lowest BCUT2D eigenvalue weighted by Gasteiger charge is -2.33. The number of hydrogen-bond acceptors (Lipinski definition) is 4. The van der Waals surface area contributed by atoms with E-state index in [4.69, 9.17) is 10.00 Å². The molecule has 5 heteroatoms. The summed E-state index contributed by atoms with van der Waals surface area (Å²) in [5, 5.41) is 12.3. The molecule has 1 fully saturated rings. The van der Waals surface area contributed by atoms with Crippen molar-refractivity contribution in [3.63, 3.8) is 0 Å². The molecule has 2 rings (SSSR count). The summed E-state index contributed by atoms with van der Waals surface area (Å²) >= 11 is 0. The monoisotopic (exact) mass is 281 g/mol. The average molecular weight is 282 g/mol. The minimum atomic E-state index is 0. The van der Waals surface area contributed by atoms with Gasteiger partial charge in [0.2, 0.25) is 0 Å². The number of nitrogens with one attached hydrogen (secondary N) is 1. The number of rotatable bonds is 3. The van der Waals surface area contributed by atoms with E-state index in [0.29, 0.717) is 17.4 Å². The first-order valence-corrected chi connectivity index (χ1v) is 6.26. The Balaban J connectivity index is 0.00000180. The lowest BCUT2D eigenvalue weighted by molar-refractivity contribution is 0.165. The molecular formula is C14H20ClN3O. The SMILES string of the molecule is COc1cc(CN2CCNC[C@@H]2C)ccc1C#N.Cl. The minimum absolute atomic E-state index is 0. The van der Waals surface area contributed by atoms with Crippen molar-refractivity contribution in [1.82, 2.24) is 10.2 Å². The highest BCUT2D eigenvalue weighted by Gasteiger charge is 2.18. The van der Waals surface area contributed by atoms with Crippen molar-refractivity contribution in [2.45, 2.75) is 19.5 Å². The van der Waals surface area contributed by atoms with Crippen LogP contribution in [0.25, 0.3) is 0 Å². The molecule has 0 bridgehead atoms. The predicted molar refractivity (Wildman–Crippen MR) is 77.7 cm³/mol. The third-order valence-corrected chi connectivity index (χ3v) is 3.41. The van der Waals surface area contributed by atoms with Gasteiger partial charge in [-0.1, -0.05) is 6.07 Å². The quantitative estimate of drug-likeness (QED) is 0.918. The fourth-order valence-corrected chi connectivity index (χ4v) is 2.28. The summed E-state index contributed by atoms with van der Waals surface area (Å²) in [6.45, 7) is 6.27. The van der Waals surface area contributed by atoms with Gasteiger partial charge in [-0.05, 0) is 24.6 Å². The summed E-state index contributed by atoms with van der Waals surface area (Å²) in [7, 11) is 1.60. The van der Waals surface area contributed by atoms with Crippen LogP contribution in [0.4, 0.5) is 0 Å². The first-order valence-electron chi connectivity index (χ1n) is 6.26. The fourth-order valence-electron chi connectivity index (χ4n) is 2.28. The summed E-state index contributed by atoms with van der Waals surface area (Å²) in [5.74, 6) is 0.665. The largest absolute Gasteiger partial charge is 0.495 e. The predicted octanol–water partition coefficient (Wildman–Crippen LogP) is 1.78. The summed E-state index contributed by atoms with van der Waals surface area (Å²) < 4.78 is 5.24. The lowest BCUT2D eigenvalue weighted by atomic mass is 10.1. The topological polar surface area (TPSA) is 48.3 Å². The molecular weight excluding hydrogens is 262 g/mol. The molecule has 0 unspecified atom stereocenters. The number of nitrogens with zero attached hydrogens (tertiary/aromatic N) is 2. The van der Waals surface area contributed by atoms with E-state index in [9.17, 15) is 0 Å². The van der Waals surface area contributed by atoms with Crippen LogP contribution in [0.15, 0.2) is 18.2 Å².